The Labute approximate surface area is 118 Å². The number of ether oxygens (including phenoxy) is 1. The van der Waals surface area contributed by atoms with Crippen LogP contribution in [0.15, 0.2) is 18.2 Å². The molecule has 0 aliphatic rings. The zero-order chi connectivity index (χ0) is 16.4. The third-order valence-corrected chi connectivity index (χ3v) is 2.23. The number of rotatable bonds is 2. The van der Waals surface area contributed by atoms with E-state index in [2.05, 4.69) is 0 Å². The normalized spacial score (nSPS) is 11.9. The monoisotopic (exact) mass is 305 g/mol. The van der Waals surface area contributed by atoms with Crippen molar-refractivity contribution in [1.29, 1.82) is 0 Å². The van der Waals surface area contributed by atoms with Gasteiger partial charge in [-0.25, -0.2) is 9.59 Å². The number of para-hydroxylation sites is 1. The highest BCUT2D eigenvalue weighted by Crippen LogP contribution is 2.36. The molecule has 1 aromatic rings. The highest BCUT2D eigenvalue weighted by Gasteiger charge is 2.36. The van der Waals surface area contributed by atoms with Crippen molar-refractivity contribution in [3.05, 3.63) is 29.3 Å². The lowest BCUT2D eigenvalue weighted by Gasteiger charge is -2.21. The summed E-state index contributed by atoms with van der Waals surface area (Å²) in [5.41, 5.74) is -3.70. The van der Waals surface area contributed by atoms with Gasteiger partial charge in [-0.2, -0.15) is 13.2 Å². The molecule has 0 aromatic heterocycles. The lowest BCUT2D eigenvalue weighted by atomic mass is 10.1. The van der Waals surface area contributed by atoms with E-state index in [0.29, 0.717) is 6.07 Å². The summed E-state index contributed by atoms with van der Waals surface area (Å²) < 4.78 is 43.5. The summed E-state index contributed by atoms with van der Waals surface area (Å²) in [6, 6.07) is 2.59. The number of aromatic carboxylic acids is 1. The summed E-state index contributed by atoms with van der Waals surface area (Å²) >= 11 is 0. The molecule has 5 nitrogen and oxygen atoms in total. The van der Waals surface area contributed by atoms with Crippen LogP contribution in [0.5, 0.6) is 0 Å². The zero-order valence-corrected chi connectivity index (χ0v) is 11.5. The van der Waals surface area contributed by atoms with Crippen molar-refractivity contribution in [3.8, 4) is 0 Å². The molecule has 116 valence electrons. The van der Waals surface area contributed by atoms with Crippen LogP contribution in [0.1, 0.15) is 36.7 Å². The second-order valence-electron chi connectivity index (χ2n) is 5.16. The van der Waals surface area contributed by atoms with Gasteiger partial charge < -0.3 is 9.84 Å². The number of nitrogens with one attached hydrogen (secondary N) is 1. The number of carboxylic acid groups (broad SMARTS) is 1. The molecule has 0 heterocycles. The molecule has 0 bridgehead atoms. The molecule has 0 saturated carbocycles. The van der Waals surface area contributed by atoms with Crippen LogP contribution in [-0.4, -0.2) is 22.8 Å². The van der Waals surface area contributed by atoms with Crippen molar-refractivity contribution < 1.29 is 32.6 Å². The first-order chi connectivity index (χ1) is 9.42. The SMILES string of the molecule is CC(C)(C)OC(=O)Nc1c(C(=O)O)cccc1C(F)(F)F. The van der Waals surface area contributed by atoms with Gasteiger partial charge in [-0.1, -0.05) is 6.07 Å². The quantitative estimate of drug-likeness (QED) is 0.872. The van der Waals surface area contributed by atoms with Crippen molar-refractivity contribution >= 4 is 17.7 Å². The number of carbonyl (C=O) groups is 2. The van der Waals surface area contributed by atoms with Gasteiger partial charge in [0.2, 0.25) is 0 Å². The molecular weight excluding hydrogens is 291 g/mol. The maximum absolute atomic E-state index is 12.9. The number of carbonyl (C=O) groups excluding carboxylic acids is 1. The van der Waals surface area contributed by atoms with Crippen molar-refractivity contribution in [2.75, 3.05) is 5.32 Å². The van der Waals surface area contributed by atoms with Crippen LogP contribution in [0.3, 0.4) is 0 Å². The number of carboxylic acids is 1. The lowest BCUT2D eigenvalue weighted by Crippen LogP contribution is -2.28. The number of hydrogen-bond acceptors (Lipinski definition) is 3. The van der Waals surface area contributed by atoms with E-state index >= 15 is 0 Å². The van der Waals surface area contributed by atoms with E-state index in [1.54, 1.807) is 0 Å². The van der Waals surface area contributed by atoms with Crippen molar-refractivity contribution in [3.63, 3.8) is 0 Å². The van der Waals surface area contributed by atoms with E-state index < -0.39 is 40.7 Å². The number of benzene rings is 1. The average Bonchev–Trinajstić information content (AvgIpc) is 2.24. The van der Waals surface area contributed by atoms with E-state index in [1.165, 1.54) is 20.8 Å². The van der Waals surface area contributed by atoms with Crippen LogP contribution in [0, 0.1) is 0 Å². The fraction of sp³-hybridized carbons (Fsp3) is 0.385. The molecule has 0 aliphatic heterocycles. The Hall–Kier alpha value is -2.25. The minimum Gasteiger partial charge on any atom is -0.478 e. The Balaban J connectivity index is 3.25. The molecule has 0 unspecified atom stereocenters. The molecule has 1 amide bonds. The summed E-state index contributed by atoms with van der Waals surface area (Å²) in [7, 11) is 0. The third kappa shape index (κ3) is 4.66. The van der Waals surface area contributed by atoms with Gasteiger partial charge in [0, 0.05) is 0 Å². The zero-order valence-electron chi connectivity index (χ0n) is 11.5. The largest absolute Gasteiger partial charge is 0.478 e. The first kappa shape index (κ1) is 16.8. The van der Waals surface area contributed by atoms with Crippen LogP contribution in [0.2, 0.25) is 0 Å². The number of amides is 1. The molecule has 1 rings (SSSR count). The first-order valence-electron chi connectivity index (χ1n) is 5.85. The molecule has 0 radical (unpaired) electrons. The van der Waals surface area contributed by atoms with Crippen LogP contribution in [0.25, 0.3) is 0 Å². The van der Waals surface area contributed by atoms with Gasteiger partial charge in [-0.15, -0.1) is 0 Å². The van der Waals surface area contributed by atoms with Gasteiger partial charge >= 0.3 is 18.2 Å². The van der Waals surface area contributed by atoms with Gasteiger partial charge in [-0.3, -0.25) is 5.32 Å². The van der Waals surface area contributed by atoms with E-state index in [1.807, 2.05) is 5.32 Å². The molecule has 0 saturated heterocycles. The number of hydrogen-bond donors (Lipinski definition) is 2. The van der Waals surface area contributed by atoms with Gasteiger partial charge in [-0.05, 0) is 32.9 Å². The molecule has 0 aliphatic carbocycles. The summed E-state index contributed by atoms with van der Waals surface area (Å²) in [5.74, 6) is -1.59. The minimum absolute atomic E-state index is 0.671. The second-order valence-corrected chi connectivity index (χ2v) is 5.16. The van der Waals surface area contributed by atoms with Gasteiger partial charge in [0.15, 0.2) is 0 Å². The van der Waals surface area contributed by atoms with Crippen LogP contribution in [-0.2, 0) is 10.9 Å². The van der Waals surface area contributed by atoms with Gasteiger partial charge in [0.1, 0.15) is 5.60 Å². The predicted octanol–water partition coefficient (Wildman–Crippen LogP) is 3.75. The Morgan fingerprint density at radius 1 is 1.19 bits per heavy atom. The molecule has 1 aromatic carbocycles. The molecule has 0 spiro atoms. The fourth-order valence-electron chi connectivity index (χ4n) is 1.51. The lowest BCUT2D eigenvalue weighted by molar-refractivity contribution is -0.136. The van der Waals surface area contributed by atoms with Crippen molar-refractivity contribution in [1.82, 2.24) is 0 Å². The molecule has 21 heavy (non-hydrogen) atoms. The second kappa shape index (κ2) is 5.63. The topological polar surface area (TPSA) is 75.6 Å². The molecule has 0 fully saturated rings. The Morgan fingerprint density at radius 2 is 1.76 bits per heavy atom. The molecular formula is C13H14F3NO4. The summed E-state index contributed by atoms with van der Waals surface area (Å²) in [5, 5.41) is 10.8. The standard InChI is InChI=1S/C13H14F3NO4/c1-12(2,3)21-11(20)17-9-7(10(18)19)5-4-6-8(9)13(14,15)16/h4-6H,1-3H3,(H,17,20)(H,18,19). The number of anilines is 1. The first-order valence-corrected chi connectivity index (χ1v) is 5.85. The molecule has 8 heteroatoms. The summed E-state index contributed by atoms with van der Waals surface area (Å²) in [6.07, 6.45) is -5.97. The Bertz CT molecular complexity index is 562. The molecule has 2 N–H and O–H groups in total. The summed E-state index contributed by atoms with van der Waals surface area (Å²) in [6.45, 7) is 4.58. The highest BCUT2D eigenvalue weighted by molar-refractivity contribution is 6.00. The predicted molar refractivity (Wildman–Crippen MR) is 68.3 cm³/mol. The van der Waals surface area contributed by atoms with E-state index in [9.17, 15) is 22.8 Å². The smallest absolute Gasteiger partial charge is 0.418 e. The van der Waals surface area contributed by atoms with E-state index in [-0.39, 0.29) is 0 Å². The molecule has 0 atom stereocenters. The Morgan fingerprint density at radius 3 is 2.19 bits per heavy atom. The van der Waals surface area contributed by atoms with Gasteiger partial charge in [0.05, 0.1) is 16.8 Å². The number of alkyl halides is 3. The highest BCUT2D eigenvalue weighted by atomic mass is 19.4. The average molecular weight is 305 g/mol. The van der Waals surface area contributed by atoms with Crippen LogP contribution < -0.4 is 5.32 Å². The summed E-state index contributed by atoms with van der Waals surface area (Å²) in [4.78, 5) is 22.6. The van der Waals surface area contributed by atoms with Crippen LogP contribution >= 0.6 is 0 Å². The minimum atomic E-state index is -4.81. The van der Waals surface area contributed by atoms with E-state index in [0.717, 1.165) is 12.1 Å². The number of halogens is 3. The third-order valence-electron chi connectivity index (χ3n) is 2.23. The van der Waals surface area contributed by atoms with Crippen LogP contribution in [0.4, 0.5) is 23.7 Å². The van der Waals surface area contributed by atoms with E-state index in [4.69, 9.17) is 9.84 Å². The maximum atomic E-state index is 12.9. The fourth-order valence-corrected chi connectivity index (χ4v) is 1.51. The van der Waals surface area contributed by atoms with Gasteiger partial charge in [0.25, 0.3) is 0 Å². The van der Waals surface area contributed by atoms with Crippen molar-refractivity contribution in [2.24, 2.45) is 0 Å². The Kier molecular flexibility index (Phi) is 4.50. The van der Waals surface area contributed by atoms with Crippen molar-refractivity contribution in [2.45, 2.75) is 32.5 Å². The maximum Gasteiger partial charge on any atom is 0.418 e.